The molecule has 0 bridgehead atoms. The van der Waals surface area contributed by atoms with Gasteiger partial charge in [-0.3, -0.25) is 0 Å². The summed E-state index contributed by atoms with van der Waals surface area (Å²) in [4.78, 5) is 24.0. The quantitative estimate of drug-likeness (QED) is 0.324. The minimum atomic E-state index is -0.850. The van der Waals surface area contributed by atoms with Crippen molar-refractivity contribution in [3.8, 4) is 0 Å². The highest BCUT2D eigenvalue weighted by Gasteiger charge is 2.47. The molecule has 1 atom stereocenters. The molecular weight excluding hydrogens is 348 g/mol. The molecule has 0 aliphatic carbocycles. The van der Waals surface area contributed by atoms with Crippen molar-refractivity contribution in [2.24, 2.45) is 0 Å². The number of carbonyl (C=O) groups excluding carboxylic acids is 2. The normalized spacial score (nSPS) is 21.2. The Balaban J connectivity index is 2.58. The Morgan fingerprint density at radius 2 is 1.77 bits per heavy atom. The van der Waals surface area contributed by atoms with E-state index in [9.17, 15) is 9.59 Å². The summed E-state index contributed by atoms with van der Waals surface area (Å²) in [6.45, 7) is 4.02. The van der Waals surface area contributed by atoms with Gasteiger partial charge in [-0.05, 0) is 19.8 Å². The highest BCUT2D eigenvalue weighted by atomic mass is 79.9. The van der Waals surface area contributed by atoms with Gasteiger partial charge in [-0.15, -0.1) is 0 Å². The fourth-order valence-electron chi connectivity index (χ4n) is 2.90. The molecule has 0 spiro atoms. The molecule has 0 radical (unpaired) electrons. The van der Waals surface area contributed by atoms with Crippen LogP contribution in [0.15, 0.2) is 11.1 Å². The van der Waals surface area contributed by atoms with E-state index >= 15 is 0 Å². The van der Waals surface area contributed by atoms with Gasteiger partial charge >= 0.3 is 11.9 Å². The zero-order chi connectivity index (χ0) is 16.6. The van der Waals surface area contributed by atoms with E-state index < -0.39 is 17.5 Å². The van der Waals surface area contributed by atoms with Crippen LogP contribution < -0.4 is 0 Å². The van der Waals surface area contributed by atoms with Crippen LogP contribution in [0.4, 0.5) is 0 Å². The van der Waals surface area contributed by atoms with E-state index in [4.69, 9.17) is 9.47 Å². The Labute approximate surface area is 141 Å². The Hall–Kier alpha value is -0.840. The van der Waals surface area contributed by atoms with Crippen molar-refractivity contribution in [2.75, 3.05) is 12.4 Å². The summed E-state index contributed by atoms with van der Waals surface area (Å²) in [5.41, 5.74) is -0.0865. The number of halogens is 1. The number of cyclic esters (lactones) is 1. The summed E-state index contributed by atoms with van der Waals surface area (Å²) in [7, 11) is 1.33. The van der Waals surface area contributed by atoms with E-state index in [2.05, 4.69) is 22.9 Å². The molecule has 1 aliphatic rings. The number of hydrogen-bond donors (Lipinski definition) is 0. The molecule has 1 aliphatic heterocycles. The highest BCUT2D eigenvalue weighted by Crippen LogP contribution is 2.38. The van der Waals surface area contributed by atoms with Gasteiger partial charge in [-0.2, -0.15) is 0 Å². The van der Waals surface area contributed by atoms with Gasteiger partial charge in [0.1, 0.15) is 5.60 Å². The van der Waals surface area contributed by atoms with Crippen LogP contribution in [0.1, 0.15) is 65.2 Å². The molecule has 126 valence electrons. The molecule has 0 fully saturated rings. The van der Waals surface area contributed by atoms with Crippen LogP contribution in [-0.2, 0) is 19.1 Å². The third-order valence-electron chi connectivity index (χ3n) is 4.18. The van der Waals surface area contributed by atoms with Crippen molar-refractivity contribution in [1.29, 1.82) is 0 Å². The van der Waals surface area contributed by atoms with Crippen LogP contribution in [0.25, 0.3) is 0 Å². The number of methoxy groups -OCH3 is 1. The lowest BCUT2D eigenvalue weighted by Gasteiger charge is -2.25. The van der Waals surface area contributed by atoms with Crippen molar-refractivity contribution in [2.45, 2.75) is 70.8 Å². The van der Waals surface area contributed by atoms with Crippen molar-refractivity contribution in [3.05, 3.63) is 11.1 Å². The predicted molar refractivity (Wildman–Crippen MR) is 89.9 cm³/mol. The van der Waals surface area contributed by atoms with Crippen molar-refractivity contribution < 1.29 is 19.1 Å². The van der Waals surface area contributed by atoms with Gasteiger partial charge in [0, 0.05) is 5.33 Å². The lowest BCUT2D eigenvalue weighted by molar-refractivity contribution is -0.148. The lowest BCUT2D eigenvalue weighted by atomic mass is 9.88. The van der Waals surface area contributed by atoms with Gasteiger partial charge in [0.05, 0.1) is 18.3 Å². The van der Waals surface area contributed by atoms with Crippen LogP contribution in [0.5, 0.6) is 0 Å². The van der Waals surface area contributed by atoms with E-state index in [1.165, 1.54) is 39.2 Å². The van der Waals surface area contributed by atoms with Gasteiger partial charge in [0.2, 0.25) is 0 Å². The largest absolute Gasteiger partial charge is 0.466 e. The number of hydrogen-bond acceptors (Lipinski definition) is 4. The Morgan fingerprint density at radius 3 is 2.32 bits per heavy atom. The number of ether oxygens (including phenoxy) is 2. The minimum Gasteiger partial charge on any atom is -0.466 e. The second-order valence-corrected chi connectivity index (χ2v) is 6.53. The lowest BCUT2D eigenvalue weighted by Crippen LogP contribution is -2.32. The molecule has 1 unspecified atom stereocenters. The van der Waals surface area contributed by atoms with Gasteiger partial charge < -0.3 is 9.47 Å². The van der Waals surface area contributed by atoms with Crippen LogP contribution in [0.3, 0.4) is 0 Å². The molecule has 0 saturated heterocycles. The molecule has 0 saturated carbocycles. The van der Waals surface area contributed by atoms with Gasteiger partial charge in [-0.25, -0.2) is 9.59 Å². The first-order valence-corrected chi connectivity index (χ1v) is 9.23. The van der Waals surface area contributed by atoms with Crippen LogP contribution in [0, 0.1) is 0 Å². The Morgan fingerprint density at radius 1 is 1.18 bits per heavy atom. The first-order chi connectivity index (χ1) is 10.5. The van der Waals surface area contributed by atoms with Gasteiger partial charge in [0.15, 0.2) is 0 Å². The number of rotatable bonds is 10. The monoisotopic (exact) mass is 374 g/mol. The molecule has 0 aromatic rings. The average molecular weight is 375 g/mol. The second kappa shape index (κ2) is 9.33. The summed E-state index contributed by atoms with van der Waals surface area (Å²) >= 11 is 3.26. The minimum absolute atomic E-state index is 0.308. The molecule has 1 rings (SSSR count). The zero-order valence-corrected chi connectivity index (χ0v) is 15.5. The first kappa shape index (κ1) is 19.2. The summed E-state index contributed by atoms with van der Waals surface area (Å²) in [6.07, 6.45) is 8.94. The molecule has 0 amide bonds. The van der Waals surface area contributed by atoms with E-state index in [0.717, 1.165) is 12.8 Å². The SMILES string of the molecule is CCCCCCCCCC1(C)OC(=O)C(CBr)=C1C(=O)OC. The molecule has 5 heteroatoms. The predicted octanol–water partition coefficient (Wildman–Crippen LogP) is 4.31. The summed E-state index contributed by atoms with van der Waals surface area (Å²) < 4.78 is 10.3. The molecule has 0 aromatic carbocycles. The van der Waals surface area contributed by atoms with Gasteiger partial charge in [-0.1, -0.05) is 61.4 Å². The van der Waals surface area contributed by atoms with Crippen LogP contribution in [0.2, 0.25) is 0 Å². The van der Waals surface area contributed by atoms with E-state index in [0.29, 0.717) is 22.9 Å². The maximum absolute atomic E-state index is 12.0. The third kappa shape index (κ3) is 4.83. The van der Waals surface area contributed by atoms with Crippen LogP contribution >= 0.6 is 15.9 Å². The number of esters is 2. The first-order valence-electron chi connectivity index (χ1n) is 8.11. The van der Waals surface area contributed by atoms with Crippen molar-refractivity contribution >= 4 is 27.9 Å². The smallest absolute Gasteiger partial charge is 0.338 e. The molecule has 22 heavy (non-hydrogen) atoms. The van der Waals surface area contributed by atoms with Crippen molar-refractivity contribution in [1.82, 2.24) is 0 Å². The Kier molecular flexibility index (Phi) is 8.15. The zero-order valence-electron chi connectivity index (χ0n) is 13.9. The fourth-order valence-corrected chi connectivity index (χ4v) is 3.41. The van der Waals surface area contributed by atoms with E-state index in [1.807, 2.05) is 6.92 Å². The molecule has 4 nitrogen and oxygen atoms in total. The molecular formula is C17H27BrO4. The van der Waals surface area contributed by atoms with Gasteiger partial charge in [0.25, 0.3) is 0 Å². The van der Waals surface area contributed by atoms with Crippen molar-refractivity contribution in [3.63, 3.8) is 0 Å². The highest BCUT2D eigenvalue weighted by molar-refractivity contribution is 9.09. The fraction of sp³-hybridized carbons (Fsp3) is 0.765. The van der Waals surface area contributed by atoms with E-state index in [1.54, 1.807) is 0 Å². The topological polar surface area (TPSA) is 52.6 Å². The summed E-state index contributed by atoms with van der Waals surface area (Å²) in [5.74, 6) is -0.881. The average Bonchev–Trinajstić information content (AvgIpc) is 2.76. The van der Waals surface area contributed by atoms with E-state index in [-0.39, 0.29) is 0 Å². The standard InChI is InChI=1S/C17H27BrO4/c1-4-5-6-7-8-9-10-11-17(2)14(16(20)21-3)13(12-18)15(19)22-17/h4-12H2,1-3H3. The molecule has 0 N–H and O–H groups in total. The number of unbranched alkanes of at least 4 members (excludes halogenated alkanes) is 6. The summed E-state index contributed by atoms with van der Waals surface area (Å²) in [5, 5.41) is 0.308. The Bertz CT molecular complexity index is 430. The van der Waals surface area contributed by atoms with Crippen LogP contribution in [-0.4, -0.2) is 30.0 Å². The summed E-state index contributed by atoms with van der Waals surface area (Å²) in [6, 6.07) is 0. The number of carbonyl (C=O) groups is 2. The third-order valence-corrected chi connectivity index (χ3v) is 4.74. The maximum Gasteiger partial charge on any atom is 0.338 e. The molecule has 0 aromatic heterocycles. The molecule has 1 heterocycles. The second-order valence-electron chi connectivity index (χ2n) is 5.97. The maximum atomic E-state index is 12.0. The number of alkyl halides is 1.